The number of nitrogens with one attached hydrogen (secondary N) is 2. The molecule has 1 atom stereocenters. The molecule has 0 bridgehead atoms. The molecule has 2 aromatic rings. The molecule has 2 aromatic carbocycles. The van der Waals surface area contributed by atoms with Crippen molar-refractivity contribution in [3.63, 3.8) is 0 Å². The van der Waals surface area contributed by atoms with Gasteiger partial charge in [-0.1, -0.05) is 36.8 Å². The molecule has 0 aliphatic carbocycles. The van der Waals surface area contributed by atoms with Crippen LogP contribution in [0.4, 0.5) is 5.69 Å². The Morgan fingerprint density at radius 2 is 1.67 bits per heavy atom. The number of anilines is 1. The first-order chi connectivity index (χ1) is 12.7. The zero-order valence-electron chi connectivity index (χ0n) is 16.6. The monoisotopic (exact) mass is 368 g/mol. The van der Waals surface area contributed by atoms with E-state index < -0.39 is 6.10 Å². The van der Waals surface area contributed by atoms with E-state index in [1.165, 1.54) is 0 Å². The van der Waals surface area contributed by atoms with Gasteiger partial charge in [-0.3, -0.25) is 9.59 Å². The number of amides is 2. The van der Waals surface area contributed by atoms with E-state index in [-0.39, 0.29) is 17.4 Å². The van der Waals surface area contributed by atoms with E-state index in [9.17, 15) is 9.59 Å². The van der Waals surface area contributed by atoms with E-state index in [0.717, 1.165) is 5.56 Å². The fourth-order valence-electron chi connectivity index (χ4n) is 2.51. The van der Waals surface area contributed by atoms with Gasteiger partial charge in [-0.25, -0.2) is 0 Å². The van der Waals surface area contributed by atoms with Gasteiger partial charge in [-0.2, -0.15) is 0 Å². The lowest BCUT2D eigenvalue weighted by atomic mass is 10.1. The van der Waals surface area contributed by atoms with Crippen molar-refractivity contribution in [3.05, 3.63) is 59.7 Å². The maximum atomic E-state index is 12.7. The Balaban J connectivity index is 2.14. The predicted octanol–water partition coefficient (Wildman–Crippen LogP) is 4.32. The molecular formula is C22H28N2O3. The van der Waals surface area contributed by atoms with Crippen LogP contribution in [-0.4, -0.2) is 23.5 Å². The summed E-state index contributed by atoms with van der Waals surface area (Å²) in [5.74, 6) is 0.126. The summed E-state index contributed by atoms with van der Waals surface area (Å²) in [5, 5.41) is 5.75. The number of hydrogen-bond donors (Lipinski definition) is 2. The molecule has 0 radical (unpaired) electrons. The van der Waals surface area contributed by atoms with Crippen LogP contribution in [0.1, 0.15) is 50.0 Å². The lowest BCUT2D eigenvalue weighted by Crippen LogP contribution is -2.41. The molecule has 5 nitrogen and oxygen atoms in total. The summed E-state index contributed by atoms with van der Waals surface area (Å²) >= 11 is 0. The summed E-state index contributed by atoms with van der Waals surface area (Å²) in [4.78, 5) is 25.2. The molecule has 2 N–H and O–H groups in total. The van der Waals surface area contributed by atoms with Gasteiger partial charge in [0.2, 0.25) is 0 Å². The fraction of sp³-hybridized carbons (Fsp3) is 0.364. The molecule has 0 aromatic heterocycles. The second kappa shape index (κ2) is 8.71. The van der Waals surface area contributed by atoms with E-state index in [2.05, 4.69) is 10.6 Å². The van der Waals surface area contributed by atoms with Gasteiger partial charge < -0.3 is 15.4 Å². The highest BCUT2D eigenvalue weighted by molar-refractivity contribution is 6.04. The minimum Gasteiger partial charge on any atom is -0.481 e. The highest BCUT2D eigenvalue weighted by atomic mass is 16.5. The van der Waals surface area contributed by atoms with Crippen molar-refractivity contribution in [2.45, 2.75) is 52.7 Å². The normalized spacial score (nSPS) is 12.2. The van der Waals surface area contributed by atoms with Gasteiger partial charge in [-0.05, 0) is 58.4 Å². The molecule has 0 heterocycles. The fourth-order valence-corrected chi connectivity index (χ4v) is 2.51. The van der Waals surface area contributed by atoms with Crippen LogP contribution < -0.4 is 15.4 Å². The summed E-state index contributed by atoms with van der Waals surface area (Å²) in [7, 11) is 0. The summed E-state index contributed by atoms with van der Waals surface area (Å²) in [6.45, 7) is 9.61. The van der Waals surface area contributed by atoms with Crippen molar-refractivity contribution < 1.29 is 14.3 Å². The molecular weight excluding hydrogens is 340 g/mol. The first kappa shape index (κ1) is 20.5. The quantitative estimate of drug-likeness (QED) is 0.798. The van der Waals surface area contributed by atoms with Crippen LogP contribution in [0.15, 0.2) is 48.5 Å². The van der Waals surface area contributed by atoms with Crippen LogP contribution in [0.2, 0.25) is 0 Å². The van der Waals surface area contributed by atoms with Gasteiger partial charge in [0, 0.05) is 5.54 Å². The van der Waals surface area contributed by atoms with Crippen LogP contribution in [0.3, 0.4) is 0 Å². The third kappa shape index (κ3) is 6.13. The van der Waals surface area contributed by atoms with Crippen LogP contribution >= 0.6 is 0 Å². The van der Waals surface area contributed by atoms with Crippen molar-refractivity contribution in [1.29, 1.82) is 0 Å². The van der Waals surface area contributed by atoms with E-state index in [1.54, 1.807) is 24.3 Å². The second-order valence-corrected chi connectivity index (χ2v) is 7.57. The van der Waals surface area contributed by atoms with Crippen LogP contribution in [0.25, 0.3) is 0 Å². The topological polar surface area (TPSA) is 67.4 Å². The molecule has 0 spiro atoms. The van der Waals surface area contributed by atoms with Gasteiger partial charge in [-0.15, -0.1) is 0 Å². The van der Waals surface area contributed by atoms with E-state index >= 15 is 0 Å². The van der Waals surface area contributed by atoms with E-state index in [4.69, 9.17) is 4.74 Å². The van der Waals surface area contributed by atoms with Crippen molar-refractivity contribution in [2.75, 3.05) is 5.32 Å². The summed E-state index contributed by atoms with van der Waals surface area (Å²) in [5.41, 5.74) is 1.65. The van der Waals surface area contributed by atoms with E-state index in [0.29, 0.717) is 23.4 Å². The van der Waals surface area contributed by atoms with Crippen LogP contribution in [0.5, 0.6) is 5.75 Å². The Labute approximate surface area is 161 Å². The minimum absolute atomic E-state index is 0.231. The molecule has 0 aliphatic rings. The lowest BCUT2D eigenvalue weighted by molar-refractivity contribution is -0.122. The summed E-state index contributed by atoms with van der Waals surface area (Å²) in [6.07, 6.45) is -0.137. The molecule has 0 aliphatic heterocycles. The van der Waals surface area contributed by atoms with Crippen LogP contribution in [-0.2, 0) is 4.79 Å². The first-order valence-corrected chi connectivity index (χ1v) is 9.15. The molecule has 2 amide bonds. The number of hydrogen-bond acceptors (Lipinski definition) is 3. The molecule has 5 heteroatoms. The van der Waals surface area contributed by atoms with Gasteiger partial charge in [0.15, 0.2) is 6.10 Å². The number of para-hydroxylation sites is 1. The smallest absolute Gasteiger partial charge is 0.265 e. The average Bonchev–Trinajstić information content (AvgIpc) is 2.60. The molecule has 144 valence electrons. The van der Waals surface area contributed by atoms with Gasteiger partial charge >= 0.3 is 0 Å². The zero-order chi connectivity index (χ0) is 20.0. The van der Waals surface area contributed by atoms with Crippen LogP contribution in [0, 0.1) is 6.92 Å². The molecule has 2 rings (SSSR count). The number of ether oxygens (including phenoxy) is 1. The van der Waals surface area contributed by atoms with Gasteiger partial charge in [0.1, 0.15) is 5.75 Å². The van der Waals surface area contributed by atoms with Crippen molar-refractivity contribution in [1.82, 2.24) is 5.32 Å². The third-order valence-corrected chi connectivity index (χ3v) is 3.88. The number of rotatable bonds is 6. The molecule has 0 fully saturated rings. The molecule has 0 saturated heterocycles. The highest BCUT2D eigenvalue weighted by Crippen LogP contribution is 2.19. The molecule has 0 unspecified atom stereocenters. The van der Waals surface area contributed by atoms with Crippen molar-refractivity contribution >= 4 is 17.5 Å². The number of carbonyl (C=O) groups is 2. The Morgan fingerprint density at radius 3 is 2.26 bits per heavy atom. The maximum Gasteiger partial charge on any atom is 0.265 e. The highest BCUT2D eigenvalue weighted by Gasteiger charge is 2.22. The maximum absolute atomic E-state index is 12.7. The van der Waals surface area contributed by atoms with Crippen molar-refractivity contribution in [2.24, 2.45) is 0 Å². The number of carbonyl (C=O) groups excluding carboxylic acids is 2. The van der Waals surface area contributed by atoms with E-state index in [1.807, 2.05) is 58.9 Å². The minimum atomic E-state index is -0.647. The third-order valence-electron chi connectivity index (χ3n) is 3.88. The largest absolute Gasteiger partial charge is 0.481 e. The zero-order valence-corrected chi connectivity index (χ0v) is 16.6. The van der Waals surface area contributed by atoms with Gasteiger partial charge in [0.05, 0.1) is 11.3 Å². The SMILES string of the molecule is CC[C@H](Oc1ccc(C)cc1)C(=O)Nc1ccccc1C(=O)NC(C)(C)C. The average molecular weight is 368 g/mol. The van der Waals surface area contributed by atoms with Crippen molar-refractivity contribution in [3.8, 4) is 5.75 Å². The number of aryl methyl sites for hydroxylation is 1. The molecule has 27 heavy (non-hydrogen) atoms. The predicted molar refractivity (Wildman–Crippen MR) is 108 cm³/mol. The standard InChI is InChI=1S/C22H28N2O3/c1-6-19(27-16-13-11-15(2)12-14-16)21(26)23-18-10-8-7-9-17(18)20(25)24-22(3,4)5/h7-14,19H,6H2,1-5H3,(H,23,26)(H,24,25)/t19-/m0/s1. The summed E-state index contributed by atoms with van der Waals surface area (Å²) in [6, 6.07) is 14.5. The molecule has 0 saturated carbocycles. The number of benzene rings is 2. The lowest BCUT2D eigenvalue weighted by Gasteiger charge is -2.22. The second-order valence-electron chi connectivity index (χ2n) is 7.57. The Bertz CT molecular complexity index is 792. The van der Waals surface area contributed by atoms with Gasteiger partial charge in [0.25, 0.3) is 11.8 Å². The first-order valence-electron chi connectivity index (χ1n) is 9.15. The Hall–Kier alpha value is -2.82. The Morgan fingerprint density at radius 1 is 1.04 bits per heavy atom. The Kier molecular flexibility index (Phi) is 6.61. The summed E-state index contributed by atoms with van der Waals surface area (Å²) < 4.78 is 5.82.